The zero-order valence-electron chi connectivity index (χ0n) is 10.6. The molecule has 0 atom stereocenters. The van der Waals surface area contributed by atoms with Crippen molar-refractivity contribution in [3.05, 3.63) is 13.8 Å². The van der Waals surface area contributed by atoms with Crippen LogP contribution in [-0.2, 0) is 4.79 Å². The van der Waals surface area contributed by atoms with Crippen molar-refractivity contribution in [1.29, 1.82) is 0 Å². The Hall–Kier alpha value is 1.27. The fraction of sp³-hybridized carbons (Fsp3) is 0.727. The molecular formula is C11H24KNO-2. The first-order valence-electron chi connectivity index (χ1n) is 4.86. The van der Waals surface area contributed by atoms with Gasteiger partial charge in [0.2, 0.25) is 0 Å². The van der Waals surface area contributed by atoms with Gasteiger partial charge >= 0.3 is 51.4 Å². The van der Waals surface area contributed by atoms with Crippen molar-refractivity contribution in [2.24, 2.45) is 0 Å². The molecule has 0 amide bonds. The molecule has 0 fully saturated rings. The van der Waals surface area contributed by atoms with Gasteiger partial charge in [-0.15, -0.1) is 13.1 Å². The maximum absolute atomic E-state index is 8.68. The SMILES string of the molecule is CC.C[C-]=O.[CH2-]CN(C[CH2-])CCC.[K+]. The van der Waals surface area contributed by atoms with Crippen LogP contribution in [0.1, 0.15) is 34.1 Å². The van der Waals surface area contributed by atoms with Crippen molar-refractivity contribution in [3.8, 4) is 0 Å². The van der Waals surface area contributed by atoms with Gasteiger partial charge in [0.25, 0.3) is 0 Å². The number of hydrogen-bond donors (Lipinski definition) is 0. The molecule has 0 N–H and O–H groups in total. The van der Waals surface area contributed by atoms with Crippen LogP contribution in [0.15, 0.2) is 0 Å². The van der Waals surface area contributed by atoms with Gasteiger partial charge in [-0.3, -0.25) is 6.29 Å². The van der Waals surface area contributed by atoms with E-state index >= 15 is 0 Å². The number of hydrogen-bond acceptors (Lipinski definition) is 2. The summed E-state index contributed by atoms with van der Waals surface area (Å²) in [6, 6.07) is 0. The number of nitrogens with zero attached hydrogens (tertiary/aromatic N) is 1. The summed E-state index contributed by atoms with van der Waals surface area (Å²) < 4.78 is 0. The first-order chi connectivity index (χ1) is 6.26. The van der Waals surface area contributed by atoms with Gasteiger partial charge in [-0.25, -0.2) is 0 Å². The Morgan fingerprint density at radius 3 is 1.57 bits per heavy atom. The summed E-state index contributed by atoms with van der Waals surface area (Å²) in [6.07, 6.45) is 2.70. The van der Waals surface area contributed by atoms with Crippen molar-refractivity contribution in [3.63, 3.8) is 0 Å². The number of rotatable bonds is 4. The summed E-state index contributed by atoms with van der Waals surface area (Å²) in [4.78, 5) is 10.9. The third-order valence-corrected chi connectivity index (χ3v) is 1.17. The van der Waals surface area contributed by atoms with E-state index in [1.54, 1.807) is 0 Å². The van der Waals surface area contributed by atoms with Crippen molar-refractivity contribution < 1.29 is 56.2 Å². The summed E-state index contributed by atoms with van der Waals surface area (Å²) in [5.41, 5.74) is 0. The average molecular weight is 225 g/mol. The number of carbonyl (C=O) groups excluding carboxylic acids is 1. The third-order valence-electron chi connectivity index (χ3n) is 1.17. The van der Waals surface area contributed by atoms with Crippen LogP contribution in [0.5, 0.6) is 0 Å². The Morgan fingerprint density at radius 1 is 1.21 bits per heavy atom. The van der Waals surface area contributed by atoms with Crippen LogP contribution < -0.4 is 51.4 Å². The second-order valence-corrected chi connectivity index (χ2v) is 2.05. The smallest absolute Gasteiger partial charge is 0.542 e. The van der Waals surface area contributed by atoms with E-state index in [1.807, 2.05) is 13.8 Å². The van der Waals surface area contributed by atoms with Crippen molar-refractivity contribution >= 4 is 6.29 Å². The van der Waals surface area contributed by atoms with E-state index in [0.29, 0.717) is 0 Å². The van der Waals surface area contributed by atoms with Gasteiger partial charge < -0.3 is 23.5 Å². The van der Waals surface area contributed by atoms with Crippen molar-refractivity contribution in [2.45, 2.75) is 34.1 Å². The summed E-state index contributed by atoms with van der Waals surface area (Å²) >= 11 is 0. The van der Waals surface area contributed by atoms with Gasteiger partial charge in [0.15, 0.2) is 0 Å². The summed E-state index contributed by atoms with van der Waals surface area (Å²) in [5, 5.41) is 0. The second kappa shape index (κ2) is 29.2. The summed E-state index contributed by atoms with van der Waals surface area (Å²) in [5.74, 6) is 0. The molecule has 0 aliphatic heterocycles. The second-order valence-electron chi connectivity index (χ2n) is 2.05. The van der Waals surface area contributed by atoms with Gasteiger partial charge in [0.1, 0.15) is 0 Å². The fourth-order valence-corrected chi connectivity index (χ4v) is 0.652. The topological polar surface area (TPSA) is 20.3 Å². The molecule has 0 spiro atoms. The van der Waals surface area contributed by atoms with E-state index in [0.717, 1.165) is 19.6 Å². The monoisotopic (exact) mass is 225 g/mol. The van der Waals surface area contributed by atoms with Crippen LogP contribution in [0.4, 0.5) is 0 Å². The Labute approximate surface area is 133 Å². The quantitative estimate of drug-likeness (QED) is 0.475. The Balaban J connectivity index is -0.0000000716. The van der Waals surface area contributed by atoms with Gasteiger partial charge in [0.05, 0.1) is 0 Å². The molecule has 14 heavy (non-hydrogen) atoms. The molecule has 0 aromatic carbocycles. The zero-order chi connectivity index (χ0) is 11.1. The minimum Gasteiger partial charge on any atom is -0.542 e. The first-order valence-corrected chi connectivity index (χ1v) is 4.86. The molecule has 0 bridgehead atoms. The van der Waals surface area contributed by atoms with Gasteiger partial charge in [-0.1, -0.05) is 20.8 Å². The molecule has 0 aliphatic carbocycles. The Bertz CT molecular complexity index is 75.7. The van der Waals surface area contributed by atoms with Crippen LogP contribution in [0.25, 0.3) is 0 Å². The molecule has 82 valence electrons. The molecule has 0 radical (unpaired) electrons. The predicted octanol–water partition coefficient (Wildman–Crippen LogP) is -0.487. The maximum Gasteiger partial charge on any atom is 1.00 e. The molecule has 0 aromatic rings. The average Bonchev–Trinajstić information content (AvgIpc) is 2.18. The van der Waals surface area contributed by atoms with E-state index in [1.165, 1.54) is 19.6 Å². The molecule has 2 nitrogen and oxygen atoms in total. The maximum atomic E-state index is 8.68. The van der Waals surface area contributed by atoms with Crippen LogP contribution in [0.2, 0.25) is 0 Å². The van der Waals surface area contributed by atoms with Crippen molar-refractivity contribution in [2.75, 3.05) is 19.6 Å². The predicted molar refractivity (Wildman–Crippen MR) is 60.2 cm³/mol. The van der Waals surface area contributed by atoms with Crippen molar-refractivity contribution in [1.82, 2.24) is 4.90 Å². The van der Waals surface area contributed by atoms with E-state index in [-0.39, 0.29) is 51.4 Å². The standard InChI is InChI=1S/C7H15N.C2H3O.C2H6.K/c1-4-7-8(5-2)6-3;1-2-3;1-2;/h2-7H2,1H3;1H3;1-2H3;/q-2;-1;;+1. The van der Waals surface area contributed by atoms with Crippen LogP contribution in [0.3, 0.4) is 0 Å². The van der Waals surface area contributed by atoms with Crippen LogP contribution in [0, 0.1) is 13.8 Å². The molecule has 0 aromatic heterocycles. The normalized spacial score (nSPS) is 7.36. The summed E-state index contributed by atoms with van der Waals surface area (Å²) in [6.45, 7) is 17.9. The molecule has 3 heteroatoms. The molecular weight excluding hydrogens is 201 g/mol. The van der Waals surface area contributed by atoms with E-state index in [9.17, 15) is 0 Å². The van der Waals surface area contributed by atoms with Gasteiger partial charge in [-0.2, -0.15) is 6.92 Å². The molecule has 0 unspecified atom stereocenters. The molecule has 0 aliphatic rings. The minimum absolute atomic E-state index is 0. The first kappa shape index (κ1) is 24.5. The molecule has 0 heterocycles. The Morgan fingerprint density at radius 2 is 1.50 bits per heavy atom. The molecule has 0 saturated heterocycles. The van der Waals surface area contributed by atoms with Gasteiger partial charge in [0, 0.05) is 0 Å². The molecule has 0 saturated carbocycles. The van der Waals surface area contributed by atoms with E-state index in [2.05, 4.69) is 25.7 Å². The minimum atomic E-state index is 0. The third kappa shape index (κ3) is 29.2. The van der Waals surface area contributed by atoms with Crippen LogP contribution >= 0.6 is 0 Å². The zero-order valence-corrected chi connectivity index (χ0v) is 13.7. The van der Waals surface area contributed by atoms with E-state index in [4.69, 9.17) is 4.79 Å². The molecule has 0 rings (SSSR count). The Kier molecular flexibility index (Phi) is 51.1. The summed E-state index contributed by atoms with van der Waals surface area (Å²) in [7, 11) is 0. The largest absolute Gasteiger partial charge is 1.00 e. The van der Waals surface area contributed by atoms with E-state index < -0.39 is 0 Å². The van der Waals surface area contributed by atoms with Gasteiger partial charge in [-0.05, 0) is 13.0 Å². The van der Waals surface area contributed by atoms with Crippen LogP contribution in [-0.4, -0.2) is 30.8 Å². The fourth-order valence-electron chi connectivity index (χ4n) is 0.652.